The first-order chi connectivity index (χ1) is 8.37. The van der Waals surface area contributed by atoms with E-state index in [2.05, 4.69) is 0 Å². The second-order valence-electron chi connectivity index (χ2n) is 5.51. The van der Waals surface area contributed by atoms with Gasteiger partial charge in [-0.2, -0.15) is 0 Å². The second kappa shape index (κ2) is 4.61. The standard InChI is InChI=1S/C14H20N2O2/c1-10(2)18-12-6-4-5-11(7-12)13(17)16-8-14(3,15)9-16/h4-7,10H,8-9,15H2,1-3H3. The first-order valence-corrected chi connectivity index (χ1v) is 6.22. The van der Waals surface area contributed by atoms with Gasteiger partial charge in [0.25, 0.3) is 5.91 Å². The van der Waals surface area contributed by atoms with Crippen LogP contribution in [0.15, 0.2) is 24.3 Å². The smallest absolute Gasteiger partial charge is 0.254 e. The molecule has 0 atom stereocenters. The van der Waals surface area contributed by atoms with Crippen molar-refractivity contribution in [3.8, 4) is 5.75 Å². The first-order valence-electron chi connectivity index (χ1n) is 6.22. The molecular formula is C14H20N2O2. The largest absolute Gasteiger partial charge is 0.491 e. The zero-order chi connectivity index (χ0) is 13.3. The van der Waals surface area contributed by atoms with Crippen LogP contribution in [0.5, 0.6) is 5.75 Å². The van der Waals surface area contributed by atoms with Crippen LogP contribution in [0, 0.1) is 0 Å². The maximum absolute atomic E-state index is 12.2. The van der Waals surface area contributed by atoms with Crippen LogP contribution in [0.4, 0.5) is 0 Å². The van der Waals surface area contributed by atoms with E-state index in [9.17, 15) is 4.79 Å². The van der Waals surface area contributed by atoms with Gasteiger partial charge in [0.1, 0.15) is 5.75 Å². The van der Waals surface area contributed by atoms with E-state index in [0.717, 1.165) is 5.75 Å². The SMILES string of the molecule is CC(C)Oc1cccc(C(=O)N2CC(C)(N)C2)c1. The van der Waals surface area contributed by atoms with Gasteiger partial charge in [-0.05, 0) is 39.0 Å². The predicted octanol–water partition coefficient (Wildman–Crippen LogP) is 1.65. The molecule has 1 amide bonds. The summed E-state index contributed by atoms with van der Waals surface area (Å²) in [6.07, 6.45) is 0.103. The molecule has 2 N–H and O–H groups in total. The van der Waals surface area contributed by atoms with Gasteiger partial charge >= 0.3 is 0 Å². The van der Waals surface area contributed by atoms with Gasteiger partial charge in [0.15, 0.2) is 0 Å². The Morgan fingerprint density at radius 3 is 2.67 bits per heavy atom. The lowest BCUT2D eigenvalue weighted by molar-refractivity contribution is 0.0453. The number of hydrogen-bond donors (Lipinski definition) is 1. The summed E-state index contributed by atoms with van der Waals surface area (Å²) in [5, 5.41) is 0. The average molecular weight is 248 g/mol. The molecule has 1 aromatic rings. The van der Waals surface area contributed by atoms with Crippen molar-refractivity contribution >= 4 is 5.91 Å². The van der Waals surface area contributed by atoms with Crippen LogP contribution >= 0.6 is 0 Å². The molecule has 18 heavy (non-hydrogen) atoms. The molecule has 1 saturated heterocycles. The summed E-state index contributed by atoms with van der Waals surface area (Å²) in [7, 11) is 0. The van der Waals surface area contributed by atoms with E-state index in [1.165, 1.54) is 0 Å². The summed E-state index contributed by atoms with van der Waals surface area (Å²) >= 11 is 0. The van der Waals surface area contributed by atoms with Crippen molar-refractivity contribution in [1.29, 1.82) is 0 Å². The summed E-state index contributed by atoms with van der Waals surface area (Å²) in [5.41, 5.74) is 6.33. The Kier molecular flexibility index (Phi) is 3.30. The lowest BCUT2D eigenvalue weighted by Gasteiger charge is -2.45. The maximum Gasteiger partial charge on any atom is 0.254 e. The van der Waals surface area contributed by atoms with Gasteiger partial charge in [-0.25, -0.2) is 0 Å². The van der Waals surface area contributed by atoms with Gasteiger partial charge in [0.2, 0.25) is 0 Å². The molecular weight excluding hydrogens is 228 g/mol. The number of carbonyl (C=O) groups is 1. The fourth-order valence-electron chi connectivity index (χ4n) is 2.13. The van der Waals surface area contributed by atoms with Crippen molar-refractivity contribution in [1.82, 2.24) is 4.90 Å². The number of ether oxygens (including phenoxy) is 1. The monoisotopic (exact) mass is 248 g/mol. The van der Waals surface area contributed by atoms with Crippen LogP contribution in [0.25, 0.3) is 0 Å². The Hall–Kier alpha value is -1.55. The Labute approximate surface area is 108 Å². The van der Waals surface area contributed by atoms with Gasteiger partial charge in [-0.1, -0.05) is 6.07 Å². The van der Waals surface area contributed by atoms with E-state index in [-0.39, 0.29) is 17.6 Å². The summed E-state index contributed by atoms with van der Waals surface area (Å²) < 4.78 is 5.58. The lowest BCUT2D eigenvalue weighted by atomic mass is 9.93. The number of carbonyl (C=O) groups excluding carboxylic acids is 1. The van der Waals surface area contributed by atoms with E-state index >= 15 is 0 Å². The lowest BCUT2D eigenvalue weighted by Crippen LogP contribution is -2.66. The third kappa shape index (κ3) is 2.82. The van der Waals surface area contributed by atoms with Gasteiger partial charge < -0.3 is 15.4 Å². The highest BCUT2D eigenvalue weighted by atomic mass is 16.5. The molecule has 0 spiro atoms. The van der Waals surface area contributed by atoms with E-state index < -0.39 is 0 Å². The molecule has 0 aromatic heterocycles. The van der Waals surface area contributed by atoms with Crippen LogP contribution in [0.1, 0.15) is 31.1 Å². The Bertz CT molecular complexity index is 447. The zero-order valence-electron chi connectivity index (χ0n) is 11.1. The molecule has 0 saturated carbocycles. The van der Waals surface area contributed by atoms with Crippen molar-refractivity contribution in [2.45, 2.75) is 32.4 Å². The fourth-order valence-corrected chi connectivity index (χ4v) is 2.13. The summed E-state index contributed by atoms with van der Waals surface area (Å²) in [6, 6.07) is 7.29. The normalized spacial score (nSPS) is 17.5. The Morgan fingerprint density at radius 2 is 2.11 bits per heavy atom. The number of nitrogens with two attached hydrogens (primary N) is 1. The highest BCUT2D eigenvalue weighted by Crippen LogP contribution is 2.22. The van der Waals surface area contributed by atoms with Gasteiger partial charge in [-0.3, -0.25) is 4.79 Å². The molecule has 98 valence electrons. The molecule has 2 rings (SSSR count). The topological polar surface area (TPSA) is 55.6 Å². The van der Waals surface area contributed by atoms with Crippen molar-refractivity contribution < 1.29 is 9.53 Å². The Balaban J connectivity index is 2.07. The minimum Gasteiger partial charge on any atom is -0.491 e. The number of rotatable bonds is 3. The van der Waals surface area contributed by atoms with Crippen LogP contribution in [-0.4, -0.2) is 35.5 Å². The number of amides is 1. The molecule has 1 fully saturated rings. The number of likely N-dealkylation sites (tertiary alicyclic amines) is 1. The number of hydrogen-bond acceptors (Lipinski definition) is 3. The van der Waals surface area contributed by atoms with Gasteiger partial charge in [0.05, 0.1) is 6.10 Å². The minimum atomic E-state index is -0.234. The molecule has 4 nitrogen and oxygen atoms in total. The van der Waals surface area contributed by atoms with Crippen molar-refractivity contribution in [2.75, 3.05) is 13.1 Å². The highest BCUT2D eigenvalue weighted by Gasteiger charge is 2.38. The highest BCUT2D eigenvalue weighted by molar-refractivity contribution is 5.95. The third-order valence-corrected chi connectivity index (χ3v) is 2.84. The van der Waals surface area contributed by atoms with Crippen molar-refractivity contribution in [3.05, 3.63) is 29.8 Å². The number of nitrogens with zero attached hydrogens (tertiary/aromatic N) is 1. The van der Waals surface area contributed by atoms with Crippen LogP contribution in [-0.2, 0) is 0 Å². The predicted molar refractivity (Wildman–Crippen MR) is 70.7 cm³/mol. The fraction of sp³-hybridized carbons (Fsp3) is 0.500. The van der Waals surface area contributed by atoms with Crippen LogP contribution < -0.4 is 10.5 Å². The summed E-state index contributed by atoms with van der Waals surface area (Å²) in [4.78, 5) is 13.9. The molecule has 0 unspecified atom stereocenters. The molecule has 1 heterocycles. The van der Waals surface area contributed by atoms with E-state index in [1.807, 2.05) is 39.0 Å². The molecule has 0 bridgehead atoms. The molecule has 0 aliphatic carbocycles. The van der Waals surface area contributed by atoms with E-state index in [1.54, 1.807) is 11.0 Å². The summed E-state index contributed by atoms with van der Waals surface area (Å²) in [6.45, 7) is 7.10. The maximum atomic E-state index is 12.2. The molecule has 1 aliphatic rings. The van der Waals surface area contributed by atoms with Crippen LogP contribution in [0.2, 0.25) is 0 Å². The Morgan fingerprint density at radius 1 is 1.44 bits per heavy atom. The average Bonchev–Trinajstić information content (AvgIpc) is 2.24. The second-order valence-corrected chi connectivity index (χ2v) is 5.51. The van der Waals surface area contributed by atoms with Crippen molar-refractivity contribution in [2.24, 2.45) is 5.73 Å². The minimum absolute atomic E-state index is 0.0205. The van der Waals surface area contributed by atoms with E-state index in [4.69, 9.17) is 10.5 Å². The molecule has 0 radical (unpaired) electrons. The molecule has 1 aromatic carbocycles. The molecule has 4 heteroatoms. The van der Waals surface area contributed by atoms with Crippen LogP contribution in [0.3, 0.4) is 0 Å². The van der Waals surface area contributed by atoms with Gasteiger partial charge in [0, 0.05) is 24.2 Å². The third-order valence-electron chi connectivity index (χ3n) is 2.84. The zero-order valence-corrected chi connectivity index (χ0v) is 11.1. The first kappa shape index (κ1) is 12.9. The number of benzene rings is 1. The van der Waals surface area contributed by atoms with Crippen molar-refractivity contribution in [3.63, 3.8) is 0 Å². The summed E-state index contributed by atoms with van der Waals surface area (Å²) in [5.74, 6) is 0.749. The quantitative estimate of drug-likeness (QED) is 0.885. The molecule has 1 aliphatic heterocycles. The van der Waals surface area contributed by atoms with Gasteiger partial charge in [-0.15, -0.1) is 0 Å². The van der Waals surface area contributed by atoms with E-state index in [0.29, 0.717) is 18.7 Å².